The molecule has 1 saturated carbocycles. The van der Waals surface area contributed by atoms with Gasteiger partial charge in [-0.25, -0.2) is 8.42 Å². The van der Waals surface area contributed by atoms with Crippen LogP contribution in [-0.4, -0.2) is 50.2 Å². The minimum atomic E-state index is -3.65. The van der Waals surface area contributed by atoms with E-state index in [9.17, 15) is 18.0 Å². The normalized spacial score (nSPS) is 19.1. The maximum atomic E-state index is 12.8. The van der Waals surface area contributed by atoms with Crippen molar-refractivity contribution in [3.05, 3.63) is 16.3 Å². The maximum absolute atomic E-state index is 12.8. The topological polar surface area (TPSA) is 95.6 Å². The lowest BCUT2D eigenvalue weighted by molar-refractivity contribution is -0.121. The summed E-state index contributed by atoms with van der Waals surface area (Å²) in [5.41, 5.74) is 0. The lowest BCUT2D eigenvalue weighted by atomic mass is 10.2. The van der Waals surface area contributed by atoms with Gasteiger partial charge in [0.25, 0.3) is 5.91 Å². The van der Waals surface area contributed by atoms with E-state index in [1.54, 1.807) is 5.38 Å². The molecule has 2 amide bonds. The SMILES string of the molecule is O=C(CCNC(=O)c1sccc1S(=O)(=O)N1CCCCC1)NC1CCCC1. The number of hydrogen-bond donors (Lipinski definition) is 2. The summed E-state index contributed by atoms with van der Waals surface area (Å²) in [6, 6.07) is 1.75. The minimum Gasteiger partial charge on any atom is -0.353 e. The van der Waals surface area contributed by atoms with E-state index in [4.69, 9.17) is 0 Å². The molecule has 7 nitrogen and oxygen atoms in total. The largest absolute Gasteiger partial charge is 0.353 e. The van der Waals surface area contributed by atoms with Crippen molar-refractivity contribution in [3.8, 4) is 0 Å². The van der Waals surface area contributed by atoms with Crippen molar-refractivity contribution in [2.75, 3.05) is 19.6 Å². The standard InChI is InChI=1S/C18H27N3O4S2/c22-16(20-14-6-2-3-7-14)8-10-19-18(23)17-15(9-13-26-17)27(24,25)21-11-4-1-5-12-21/h9,13-14H,1-8,10-12H2,(H,19,23)(H,20,22). The Bertz CT molecular complexity index is 763. The summed E-state index contributed by atoms with van der Waals surface area (Å²) in [6.07, 6.45) is 7.26. The highest BCUT2D eigenvalue weighted by atomic mass is 32.2. The molecule has 9 heteroatoms. The van der Waals surface area contributed by atoms with Gasteiger partial charge in [-0.15, -0.1) is 11.3 Å². The van der Waals surface area contributed by atoms with Gasteiger partial charge >= 0.3 is 0 Å². The minimum absolute atomic E-state index is 0.0716. The van der Waals surface area contributed by atoms with Gasteiger partial charge in [0.2, 0.25) is 15.9 Å². The van der Waals surface area contributed by atoms with E-state index >= 15 is 0 Å². The molecule has 2 fully saturated rings. The van der Waals surface area contributed by atoms with Crippen LogP contribution in [0.4, 0.5) is 0 Å². The van der Waals surface area contributed by atoms with E-state index in [-0.39, 0.29) is 34.7 Å². The Kier molecular flexibility index (Phi) is 6.88. The average molecular weight is 414 g/mol. The first kappa shape index (κ1) is 20.3. The molecule has 150 valence electrons. The summed E-state index contributed by atoms with van der Waals surface area (Å²) in [5, 5.41) is 7.28. The highest BCUT2D eigenvalue weighted by Gasteiger charge is 2.31. The second-order valence-corrected chi connectivity index (χ2v) is 9.96. The summed E-state index contributed by atoms with van der Waals surface area (Å²) in [6.45, 7) is 1.19. The number of rotatable bonds is 7. The zero-order valence-electron chi connectivity index (χ0n) is 15.4. The molecule has 0 spiro atoms. The molecule has 1 aliphatic heterocycles. The van der Waals surface area contributed by atoms with Crippen molar-refractivity contribution in [2.24, 2.45) is 0 Å². The third-order valence-corrected chi connectivity index (χ3v) is 8.11. The highest BCUT2D eigenvalue weighted by Crippen LogP contribution is 2.27. The smallest absolute Gasteiger partial charge is 0.262 e. The van der Waals surface area contributed by atoms with Crippen molar-refractivity contribution >= 4 is 33.2 Å². The van der Waals surface area contributed by atoms with Crippen molar-refractivity contribution in [1.82, 2.24) is 14.9 Å². The molecule has 2 heterocycles. The van der Waals surface area contributed by atoms with Gasteiger partial charge in [-0.3, -0.25) is 9.59 Å². The molecule has 0 atom stereocenters. The first-order chi connectivity index (χ1) is 13.0. The van der Waals surface area contributed by atoms with Gasteiger partial charge in [-0.05, 0) is 37.1 Å². The molecule has 0 radical (unpaired) electrons. The number of amides is 2. The molecule has 1 aromatic heterocycles. The number of hydrogen-bond acceptors (Lipinski definition) is 5. The van der Waals surface area contributed by atoms with Crippen LogP contribution in [0, 0.1) is 0 Å². The van der Waals surface area contributed by atoms with Crippen LogP contribution in [-0.2, 0) is 14.8 Å². The van der Waals surface area contributed by atoms with Crippen molar-refractivity contribution in [2.45, 2.75) is 62.3 Å². The summed E-state index contributed by atoms with van der Waals surface area (Å²) in [7, 11) is -3.65. The van der Waals surface area contributed by atoms with Gasteiger partial charge in [0.05, 0.1) is 0 Å². The molecule has 1 aromatic rings. The quantitative estimate of drug-likeness (QED) is 0.716. The highest BCUT2D eigenvalue weighted by molar-refractivity contribution is 7.89. The fourth-order valence-electron chi connectivity index (χ4n) is 3.65. The Balaban J connectivity index is 1.54. The summed E-state index contributed by atoms with van der Waals surface area (Å²) in [5.74, 6) is -0.510. The second-order valence-electron chi connectivity index (χ2n) is 7.13. The van der Waals surface area contributed by atoms with Crippen LogP contribution in [0.3, 0.4) is 0 Å². The maximum Gasteiger partial charge on any atom is 0.262 e. The van der Waals surface area contributed by atoms with Gasteiger partial charge in [-0.2, -0.15) is 4.31 Å². The number of sulfonamides is 1. The number of piperidine rings is 1. The molecule has 0 unspecified atom stereocenters. The Morgan fingerprint density at radius 3 is 2.52 bits per heavy atom. The second kappa shape index (κ2) is 9.16. The third kappa shape index (κ3) is 5.08. The lowest BCUT2D eigenvalue weighted by Gasteiger charge is -2.25. The average Bonchev–Trinajstić information content (AvgIpc) is 3.34. The molecule has 1 saturated heterocycles. The fraction of sp³-hybridized carbons (Fsp3) is 0.667. The molecular weight excluding hydrogens is 386 g/mol. The Morgan fingerprint density at radius 2 is 1.81 bits per heavy atom. The molecule has 27 heavy (non-hydrogen) atoms. The number of nitrogens with one attached hydrogen (secondary N) is 2. The number of nitrogens with zero attached hydrogens (tertiary/aromatic N) is 1. The van der Waals surface area contributed by atoms with Crippen LogP contribution in [0.25, 0.3) is 0 Å². The Hall–Kier alpha value is -1.45. The Morgan fingerprint density at radius 1 is 1.11 bits per heavy atom. The van der Waals surface area contributed by atoms with E-state index in [1.165, 1.54) is 10.4 Å². The first-order valence-electron chi connectivity index (χ1n) is 9.63. The fourth-order valence-corrected chi connectivity index (χ4v) is 6.48. The molecule has 0 bridgehead atoms. The summed E-state index contributed by atoms with van der Waals surface area (Å²) >= 11 is 1.12. The van der Waals surface area contributed by atoms with Crippen LogP contribution in [0.15, 0.2) is 16.3 Å². The van der Waals surface area contributed by atoms with Crippen LogP contribution in [0.5, 0.6) is 0 Å². The zero-order valence-corrected chi connectivity index (χ0v) is 17.0. The molecule has 3 rings (SSSR count). The molecule has 2 aliphatic rings. The van der Waals surface area contributed by atoms with Gasteiger partial charge in [0.1, 0.15) is 9.77 Å². The van der Waals surface area contributed by atoms with Crippen LogP contribution < -0.4 is 10.6 Å². The van der Waals surface area contributed by atoms with E-state index in [0.717, 1.165) is 56.3 Å². The van der Waals surface area contributed by atoms with Crippen LogP contribution in [0.1, 0.15) is 61.0 Å². The van der Waals surface area contributed by atoms with Crippen molar-refractivity contribution < 1.29 is 18.0 Å². The molecule has 2 N–H and O–H groups in total. The number of carbonyl (C=O) groups excluding carboxylic acids is 2. The van der Waals surface area contributed by atoms with Gasteiger partial charge in [-0.1, -0.05) is 19.3 Å². The van der Waals surface area contributed by atoms with E-state index in [2.05, 4.69) is 10.6 Å². The number of carbonyl (C=O) groups is 2. The summed E-state index contributed by atoms with van der Waals surface area (Å²) in [4.78, 5) is 24.7. The van der Waals surface area contributed by atoms with Crippen molar-refractivity contribution in [1.29, 1.82) is 0 Å². The van der Waals surface area contributed by atoms with Gasteiger partial charge in [0, 0.05) is 32.1 Å². The summed E-state index contributed by atoms with van der Waals surface area (Å²) < 4.78 is 27.1. The predicted molar refractivity (Wildman–Crippen MR) is 104 cm³/mol. The first-order valence-corrected chi connectivity index (χ1v) is 12.0. The van der Waals surface area contributed by atoms with E-state index in [0.29, 0.717) is 13.1 Å². The monoisotopic (exact) mass is 413 g/mol. The van der Waals surface area contributed by atoms with Crippen molar-refractivity contribution in [3.63, 3.8) is 0 Å². The van der Waals surface area contributed by atoms with Crippen LogP contribution in [0.2, 0.25) is 0 Å². The third-order valence-electron chi connectivity index (χ3n) is 5.13. The molecule has 1 aliphatic carbocycles. The van der Waals surface area contributed by atoms with E-state index in [1.807, 2.05) is 0 Å². The predicted octanol–water partition coefficient (Wildman–Crippen LogP) is 2.10. The molecule has 0 aromatic carbocycles. The Labute approximate surface area is 164 Å². The van der Waals surface area contributed by atoms with Crippen LogP contribution >= 0.6 is 11.3 Å². The molecular formula is C18H27N3O4S2. The van der Waals surface area contributed by atoms with Gasteiger partial charge in [0.15, 0.2) is 0 Å². The zero-order chi connectivity index (χ0) is 19.3. The van der Waals surface area contributed by atoms with E-state index < -0.39 is 15.9 Å². The van der Waals surface area contributed by atoms with Gasteiger partial charge < -0.3 is 10.6 Å². The lowest BCUT2D eigenvalue weighted by Crippen LogP contribution is -2.37. The number of thiophene rings is 1.